The van der Waals surface area contributed by atoms with Gasteiger partial charge in [-0.15, -0.1) is 0 Å². The Morgan fingerprint density at radius 3 is 2.43 bits per heavy atom. The normalized spacial score (nSPS) is 11.3. The predicted octanol–water partition coefficient (Wildman–Crippen LogP) is 5.00. The zero-order chi connectivity index (χ0) is 32.8. The molecule has 0 aliphatic carbocycles. The van der Waals surface area contributed by atoms with Gasteiger partial charge in [0.2, 0.25) is 11.9 Å². The molecule has 2 aromatic carbocycles. The van der Waals surface area contributed by atoms with Crippen molar-refractivity contribution >= 4 is 34.4 Å². The molecular formula is C33H31F2N7O4. The highest BCUT2D eigenvalue weighted by Crippen LogP contribution is 2.37. The van der Waals surface area contributed by atoms with Gasteiger partial charge in [-0.25, -0.2) is 18.7 Å². The Morgan fingerprint density at radius 1 is 1.00 bits per heavy atom. The summed E-state index contributed by atoms with van der Waals surface area (Å²) in [6.45, 7) is 0.535. The molecule has 0 radical (unpaired) electrons. The number of nitrogens with zero attached hydrogens (tertiary/aromatic N) is 5. The van der Waals surface area contributed by atoms with Gasteiger partial charge in [0.15, 0.2) is 23.1 Å². The highest BCUT2D eigenvalue weighted by molar-refractivity contribution is 5.99. The zero-order valence-corrected chi connectivity index (χ0v) is 25.5. The first-order chi connectivity index (χ1) is 22.2. The minimum absolute atomic E-state index is 0.0618. The number of fused-ring (bicyclic) bond motifs is 1. The van der Waals surface area contributed by atoms with Crippen molar-refractivity contribution in [1.29, 1.82) is 0 Å². The molecule has 0 atom stereocenters. The second kappa shape index (κ2) is 13.9. The molecule has 46 heavy (non-hydrogen) atoms. The molecule has 0 saturated heterocycles. The number of hydrogen-bond donors (Lipinski definition) is 2. The van der Waals surface area contributed by atoms with Crippen molar-refractivity contribution in [2.75, 3.05) is 45.5 Å². The van der Waals surface area contributed by atoms with E-state index in [4.69, 9.17) is 9.47 Å². The summed E-state index contributed by atoms with van der Waals surface area (Å²) in [6, 6.07) is 14.6. The fourth-order valence-corrected chi connectivity index (χ4v) is 4.70. The SMILES string of the molecule is COc1cc(OC)c(F)c(-c2cc3cnc(Nc4ccccn4)nc3n(Cc3cccc(NC(=O)/C=C/CN(C)C)c3)c2=O)c1F. The minimum atomic E-state index is -1.06. The largest absolute Gasteiger partial charge is 0.494 e. The lowest BCUT2D eigenvalue weighted by atomic mass is 10.0. The number of carbonyl (C=O) groups excluding carboxylic acids is 1. The zero-order valence-electron chi connectivity index (χ0n) is 25.5. The highest BCUT2D eigenvalue weighted by atomic mass is 19.1. The molecule has 5 aromatic rings. The summed E-state index contributed by atoms with van der Waals surface area (Å²) in [6.07, 6.45) is 6.21. The summed E-state index contributed by atoms with van der Waals surface area (Å²) in [5.41, 5.74) is -0.338. The van der Waals surface area contributed by atoms with Crippen LogP contribution in [0.25, 0.3) is 22.2 Å². The first kappa shape index (κ1) is 31.7. The molecule has 13 heteroatoms. The molecule has 0 aliphatic rings. The van der Waals surface area contributed by atoms with Gasteiger partial charge in [0.25, 0.3) is 5.56 Å². The fourth-order valence-electron chi connectivity index (χ4n) is 4.70. The Kier molecular flexibility index (Phi) is 9.62. The highest BCUT2D eigenvalue weighted by Gasteiger charge is 2.25. The average molecular weight is 628 g/mol. The van der Waals surface area contributed by atoms with E-state index in [1.165, 1.54) is 37.1 Å². The molecule has 0 fully saturated rings. The van der Waals surface area contributed by atoms with Crippen molar-refractivity contribution < 1.29 is 23.0 Å². The molecule has 0 unspecified atom stereocenters. The molecule has 0 bridgehead atoms. The molecule has 0 saturated carbocycles. The lowest BCUT2D eigenvalue weighted by molar-refractivity contribution is -0.111. The Morgan fingerprint density at radius 2 is 1.76 bits per heavy atom. The Hall–Kier alpha value is -5.69. The number of anilines is 3. The molecule has 0 aliphatic heterocycles. The lowest BCUT2D eigenvalue weighted by Gasteiger charge is -2.16. The summed E-state index contributed by atoms with van der Waals surface area (Å²) in [5.74, 6) is -2.42. The molecule has 1 amide bonds. The topological polar surface area (TPSA) is 124 Å². The van der Waals surface area contributed by atoms with Gasteiger partial charge in [-0.1, -0.05) is 24.3 Å². The number of likely N-dealkylation sites (N-methyl/N-ethyl adjacent to an activating group) is 1. The summed E-state index contributed by atoms with van der Waals surface area (Å²) in [7, 11) is 6.24. The number of amides is 1. The number of hydrogen-bond acceptors (Lipinski definition) is 9. The monoisotopic (exact) mass is 627 g/mol. The second-order valence-electron chi connectivity index (χ2n) is 10.4. The first-order valence-corrected chi connectivity index (χ1v) is 14.1. The van der Waals surface area contributed by atoms with E-state index in [1.807, 2.05) is 19.0 Å². The molecule has 236 valence electrons. The number of methoxy groups -OCH3 is 2. The number of ether oxygens (including phenoxy) is 2. The van der Waals surface area contributed by atoms with Crippen LogP contribution in [0.1, 0.15) is 5.56 Å². The Balaban J connectivity index is 1.63. The third-order valence-electron chi connectivity index (χ3n) is 6.85. The minimum Gasteiger partial charge on any atom is -0.494 e. The van der Waals surface area contributed by atoms with E-state index in [9.17, 15) is 9.59 Å². The maximum atomic E-state index is 15.6. The summed E-state index contributed by atoms with van der Waals surface area (Å²) in [4.78, 5) is 41.7. The smallest absolute Gasteiger partial charge is 0.260 e. The van der Waals surface area contributed by atoms with Crippen molar-refractivity contribution in [3.05, 3.63) is 107 Å². The Labute approximate surface area is 263 Å². The van der Waals surface area contributed by atoms with Crippen LogP contribution in [0.5, 0.6) is 11.5 Å². The van der Waals surface area contributed by atoms with E-state index in [-0.39, 0.29) is 41.1 Å². The van der Waals surface area contributed by atoms with Crippen LogP contribution >= 0.6 is 0 Å². The number of nitrogens with one attached hydrogen (secondary N) is 2. The number of aromatic nitrogens is 4. The molecule has 0 spiro atoms. The number of carbonyl (C=O) groups is 1. The summed E-state index contributed by atoms with van der Waals surface area (Å²) >= 11 is 0. The predicted molar refractivity (Wildman–Crippen MR) is 172 cm³/mol. The third kappa shape index (κ3) is 7.00. The quantitative estimate of drug-likeness (QED) is 0.195. The molecular weight excluding hydrogens is 596 g/mol. The van der Waals surface area contributed by atoms with Crippen LogP contribution in [0.3, 0.4) is 0 Å². The van der Waals surface area contributed by atoms with E-state index in [0.717, 1.165) is 6.07 Å². The van der Waals surface area contributed by atoms with Gasteiger partial charge in [-0.2, -0.15) is 4.98 Å². The molecule has 3 aromatic heterocycles. The van der Waals surface area contributed by atoms with Crippen LogP contribution in [0, 0.1) is 11.6 Å². The third-order valence-corrected chi connectivity index (χ3v) is 6.85. The van der Waals surface area contributed by atoms with Gasteiger partial charge in [-0.3, -0.25) is 14.2 Å². The molecule has 3 heterocycles. The first-order valence-electron chi connectivity index (χ1n) is 14.1. The molecule has 5 rings (SSSR count). The molecule has 11 nitrogen and oxygen atoms in total. The van der Waals surface area contributed by atoms with Gasteiger partial charge >= 0.3 is 0 Å². The van der Waals surface area contributed by atoms with Crippen LogP contribution in [-0.2, 0) is 11.3 Å². The van der Waals surface area contributed by atoms with Crippen molar-refractivity contribution in [3.8, 4) is 22.6 Å². The molecule has 2 N–H and O–H groups in total. The van der Waals surface area contributed by atoms with Gasteiger partial charge in [0.1, 0.15) is 11.5 Å². The average Bonchev–Trinajstić information content (AvgIpc) is 3.04. The van der Waals surface area contributed by atoms with E-state index in [0.29, 0.717) is 29.0 Å². The standard InChI is InChI=1S/C33H31F2N7O4/c1-41(2)14-8-12-27(43)38-22-10-7-9-20(15-22)19-42-31-21(18-37-33(40-31)39-26-11-5-6-13-36-26)16-23(32(42)44)28-29(34)24(45-3)17-25(46-4)30(28)35/h5-13,15-18H,14,19H2,1-4H3,(H,38,43)(H,36,37,39,40)/b12-8+. The van der Waals surface area contributed by atoms with Gasteiger partial charge in [0, 0.05) is 42.2 Å². The van der Waals surface area contributed by atoms with Crippen molar-refractivity contribution in [2.24, 2.45) is 0 Å². The number of halogens is 2. The fraction of sp³-hybridized carbons (Fsp3) is 0.182. The van der Waals surface area contributed by atoms with Crippen molar-refractivity contribution in [1.82, 2.24) is 24.4 Å². The van der Waals surface area contributed by atoms with E-state index in [1.54, 1.807) is 54.7 Å². The van der Waals surface area contributed by atoms with Crippen molar-refractivity contribution in [3.63, 3.8) is 0 Å². The van der Waals surface area contributed by atoms with Crippen molar-refractivity contribution in [2.45, 2.75) is 6.54 Å². The second-order valence-corrected chi connectivity index (χ2v) is 10.4. The number of rotatable bonds is 11. The van der Waals surface area contributed by atoms with E-state index in [2.05, 4.69) is 25.6 Å². The number of benzene rings is 2. The van der Waals surface area contributed by atoms with Crippen LogP contribution in [-0.4, -0.2) is 65.2 Å². The van der Waals surface area contributed by atoms with Gasteiger partial charge in [0.05, 0.1) is 31.9 Å². The van der Waals surface area contributed by atoms with E-state index >= 15 is 8.78 Å². The maximum absolute atomic E-state index is 15.6. The lowest BCUT2D eigenvalue weighted by Crippen LogP contribution is -2.24. The maximum Gasteiger partial charge on any atom is 0.260 e. The van der Waals surface area contributed by atoms with E-state index < -0.39 is 22.8 Å². The summed E-state index contributed by atoms with van der Waals surface area (Å²) in [5, 5.41) is 6.13. The van der Waals surface area contributed by atoms with Gasteiger partial charge < -0.3 is 25.0 Å². The van der Waals surface area contributed by atoms with Crippen LogP contribution in [0.4, 0.5) is 26.2 Å². The van der Waals surface area contributed by atoms with Crippen LogP contribution < -0.4 is 25.7 Å². The Bertz CT molecular complexity index is 1950. The number of pyridine rings is 2. The summed E-state index contributed by atoms with van der Waals surface area (Å²) < 4.78 is 42.7. The van der Waals surface area contributed by atoms with Crippen LogP contribution in [0.15, 0.2) is 83.9 Å². The van der Waals surface area contributed by atoms with Crippen LogP contribution in [0.2, 0.25) is 0 Å². The van der Waals surface area contributed by atoms with Gasteiger partial charge in [-0.05, 0) is 50.0 Å².